The molecule has 6 aliphatic heterocycles. The van der Waals surface area contributed by atoms with Crippen molar-refractivity contribution in [3.05, 3.63) is 59.2 Å². The van der Waals surface area contributed by atoms with Crippen LogP contribution in [0.1, 0.15) is 135 Å². The highest BCUT2D eigenvalue weighted by Gasteiger charge is 2.63. The Hall–Kier alpha value is -11.0. The molecule has 9 rings (SSSR count). The van der Waals surface area contributed by atoms with E-state index in [1.165, 1.54) is 32.2 Å². The van der Waals surface area contributed by atoms with Crippen molar-refractivity contribution in [1.82, 2.24) is 61.8 Å². The first-order chi connectivity index (χ1) is 68.9. The number of rotatable bonds is 56. The van der Waals surface area contributed by atoms with E-state index in [9.17, 15) is 68.1 Å². The fourth-order valence-corrected chi connectivity index (χ4v) is 18.8. The average molecular weight is 2050 g/mol. The number of primary amides is 2. The van der Waals surface area contributed by atoms with Crippen molar-refractivity contribution in [2.45, 2.75) is 191 Å². The van der Waals surface area contributed by atoms with Gasteiger partial charge in [0.1, 0.15) is 35.0 Å². The van der Waals surface area contributed by atoms with Crippen LogP contribution in [0.4, 0.5) is 9.59 Å². The van der Waals surface area contributed by atoms with Crippen molar-refractivity contribution in [2.24, 2.45) is 52.9 Å². The molecular formula is C97H146N14O32S. The van der Waals surface area contributed by atoms with E-state index in [0.717, 1.165) is 14.7 Å². The molecule has 15 N–H and O–H groups in total. The first-order valence-electron chi connectivity index (χ1n) is 49.2. The van der Waals surface area contributed by atoms with Crippen molar-refractivity contribution in [1.29, 1.82) is 0 Å². The second kappa shape index (κ2) is 60.8. The Morgan fingerprint density at radius 2 is 1.28 bits per heavy atom. The molecule has 46 nitrogen and oxygen atoms in total. The molecule has 802 valence electrons. The minimum atomic E-state index is -3.33. The number of aliphatic hydroxyl groups excluding tert-OH is 3. The van der Waals surface area contributed by atoms with Gasteiger partial charge in [0.2, 0.25) is 47.3 Å². The van der Waals surface area contributed by atoms with Crippen LogP contribution in [0, 0.1) is 41.4 Å². The van der Waals surface area contributed by atoms with Crippen LogP contribution in [-0.4, -0.2) is 390 Å². The molecule has 0 aliphatic carbocycles. The number of aromatic nitrogens is 1. The Labute approximate surface area is 839 Å². The molecule has 0 spiro atoms. The van der Waals surface area contributed by atoms with Crippen LogP contribution in [0.3, 0.4) is 0 Å². The van der Waals surface area contributed by atoms with Gasteiger partial charge in [-0.1, -0.05) is 65.3 Å². The number of fused-ring (bicyclic) bond motifs is 8. The smallest absolute Gasteiger partial charge is 0.410 e. The highest BCUT2D eigenvalue weighted by atomic mass is 32.2. The van der Waals surface area contributed by atoms with E-state index in [1.54, 1.807) is 70.9 Å². The van der Waals surface area contributed by atoms with Crippen LogP contribution in [0.2, 0.25) is 0 Å². The minimum Gasteiger partial charge on any atom is -0.465 e. The topological polar surface area (TPSA) is 634 Å². The molecule has 2 unspecified atom stereocenters. The van der Waals surface area contributed by atoms with Crippen molar-refractivity contribution in [3.63, 3.8) is 0 Å². The summed E-state index contributed by atoms with van der Waals surface area (Å²) in [5.41, 5.74) is 8.81. The average Bonchev–Trinajstić information content (AvgIpc) is 1.57. The summed E-state index contributed by atoms with van der Waals surface area (Å²) >= 11 is 0. The lowest BCUT2D eigenvalue weighted by Crippen LogP contribution is -2.72. The number of ketones is 5. The molecule has 3 aromatic rings. The molecule has 2 aromatic carbocycles. The number of urea groups is 1. The lowest BCUT2D eigenvalue weighted by Gasteiger charge is -2.43. The molecule has 14 atom stereocenters. The quantitative estimate of drug-likeness (QED) is 0.0225. The van der Waals surface area contributed by atoms with E-state index in [4.69, 9.17) is 63.6 Å². The first-order valence-corrected chi connectivity index (χ1v) is 50.5. The molecule has 8 bridgehead atoms. The summed E-state index contributed by atoms with van der Waals surface area (Å²) in [5.74, 6) is -20.5. The van der Waals surface area contributed by atoms with E-state index in [1.807, 2.05) is 0 Å². The molecule has 2 fully saturated rings. The number of hydrogen-bond acceptors (Lipinski definition) is 32. The molecule has 7 heterocycles. The summed E-state index contributed by atoms with van der Waals surface area (Å²) in [6, 6.07) is 1.07. The van der Waals surface area contributed by atoms with Crippen LogP contribution in [0.15, 0.2) is 47.5 Å². The maximum atomic E-state index is 16.8. The lowest BCUT2D eigenvalue weighted by molar-refractivity contribution is -0.167. The normalized spacial score (nSPS) is 21.6. The van der Waals surface area contributed by atoms with Crippen LogP contribution in [0.25, 0.3) is 10.9 Å². The number of nitrogens with one attached hydrogen (secondary N) is 8. The van der Waals surface area contributed by atoms with Gasteiger partial charge in [-0.2, -0.15) is 0 Å². The number of likely N-dealkylation sites (tertiary alicyclic amines) is 1. The lowest BCUT2D eigenvalue weighted by atomic mass is 9.83. The van der Waals surface area contributed by atoms with E-state index < -0.39 is 255 Å². The number of ether oxygens (including phenoxy) is 11. The van der Waals surface area contributed by atoms with Gasteiger partial charge in [-0.25, -0.2) is 9.59 Å². The summed E-state index contributed by atoms with van der Waals surface area (Å²) in [7, 11) is 0.248. The zero-order valence-corrected chi connectivity index (χ0v) is 84.4. The molecule has 6 aliphatic rings. The van der Waals surface area contributed by atoms with Crippen LogP contribution in [-0.2, 0) is 150 Å². The van der Waals surface area contributed by atoms with Gasteiger partial charge in [-0.15, -0.1) is 0 Å². The van der Waals surface area contributed by atoms with Crippen LogP contribution >= 0.6 is 0 Å². The molecule has 0 saturated carbocycles. The van der Waals surface area contributed by atoms with Gasteiger partial charge >= 0.3 is 12.1 Å². The molecule has 144 heavy (non-hydrogen) atoms. The number of hydrogen-bond donors (Lipinski definition) is 13. The molecule has 13 amide bonds. The van der Waals surface area contributed by atoms with E-state index in [-0.39, 0.29) is 181 Å². The molecule has 0 radical (unpaired) electrons. The molecule has 1 aromatic heterocycles. The van der Waals surface area contributed by atoms with Gasteiger partial charge in [0.15, 0.2) is 17.3 Å². The van der Waals surface area contributed by atoms with E-state index in [0.29, 0.717) is 83.1 Å². The Kier molecular flexibility index (Phi) is 50.0. The number of methoxy groups -OCH3 is 1. The monoisotopic (exact) mass is 2050 g/mol. The van der Waals surface area contributed by atoms with Gasteiger partial charge in [0, 0.05) is 140 Å². The van der Waals surface area contributed by atoms with E-state index >= 15 is 33.0 Å². The van der Waals surface area contributed by atoms with Crippen LogP contribution < -0.4 is 53.4 Å². The molecular weight excluding hydrogens is 1910 g/mol. The van der Waals surface area contributed by atoms with Crippen LogP contribution in [0.5, 0.6) is 5.75 Å². The van der Waals surface area contributed by atoms with E-state index in [2.05, 4.69) is 42.2 Å². The number of piperidine rings is 1. The summed E-state index contributed by atoms with van der Waals surface area (Å²) < 4.78 is 78.4. The standard InChI is InChI=1S/C97H146N14O32S/c1-9-60(4)86-90(126)102-53-83(121)103-76-58-144(132)91-73-46-66(88(124)101-54-84(122)106-86)47-79(118)87(61(5)80(119)56-112)107-93(128)97(143-70-16-17-71(73)75(52-70)105-91,81-51-69(115)55-111(81)92(127)67(48-78(76)117)49-82(98)120)94(129)108(7)25-26-110(27-30-136-35-38-140-43-41-139-37-34-135-29-21-85(123)109-23-18-65(19-24-109)62(6)113)96(131)142-57-64-14-12-63(13-15-64)45-77(116)74(11-10-22-100-95(99)130)104-89(125)72(59(2)3)50-68(114)20-28-134-33-36-138-42-44-141-40-39-137-32-31-133-8/h12-17,52,59-61,65-67,69,72,74,76,80-81,86-87,105,112,115,119H,9-11,18-51,53-58H2,1-8H3,(H2,98,120)(H,101,124)(H,102,126)(H,103,121)(H,104,125)(H,106,122)(H,107,128)(H3,99,100,130)/t60-,61-,66-,67-,69+,72-,74-,76-,80-,81-,86-,87-,97?,144?/m0/s1. The highest BCUT2D eigenvalue weighted by Crippen LogP contribution is 2.40. The number of Topliss-reactive ketones (excluding diaryl/α,β-unsaturated/α-hetero) is 5. The number of nitrogens with two attached hydrogens (primary N) is 2. The number of likely N-dealkylation sites (N-methyl/N-ethyl adjacent to an activating group) is 1. The number of nitrogens with zero attached hydrogens (tertiary/aromatic N) is 4. The minimum absolute atomic E-state index is 0.0102. The third-order valence-electron chi connectivity index (χ3n) is 26.1. The van der Waals surface area contributed by atoms with Crippen molar-refractivity contribution < 1.29 is 153 Å². The summed E-state index contributed by atoms with van der Waals surface area (Å²) in [6.45, 7) is 9.09. The van der Waals surface area contributed by atoms with Gasteiger partial charge in [0.05, 0.1) is 203 Å². The second-order valence-corrected chi connectivity index (χ2v) is 38.4. The number of carbonyl (C=O) groups is 17. The molecule has 47 heteroatoms. The summed E-state index contributed by atoms with van der Waals surface area (Å²) in [6.07, 6.45) is -7.12. The number of aliphatic hydroxyl groups is 3. The predicted octanol–water partition coefficient (Wildman–Crippen LogP) is -1.55. The van der Waals surface area contributed by atoms with Crippen molar-refractivity contribution in [2.75, 3.05) is 198 Å². The largest absolute Gasteiger partial charge is 0.465 e. The Balaban J connectivity index is 1.07. The Bertz CT molecular complexity index is 4830. The number of amides is 13. The number of aromatic amines is 1. The maximum Gasteiger partial charge on any atom is 0.410 e. The fourth-order valence-electron chi connectivity index (χ4n) is 17.4. The predicted molar refractivity (Wildman–Crippen MR) is 515 cm³/mol. The second-order valence-electron chi connectivity index (χ2n) is 37.0. The Morgan fingerprint density at radius 3 is 1.88 bits per heavy atom. The summed E-state index contributed by atoms with van der Waals surface area (Å²) in [5, 5.41) is 52.3. The van der Waals surface area contributed by atoms with Crippen molar-refractivity contribution in [3.8, 4) is 5.75 Å². The number of H-pyrrole nitrogens is 1. The van der Waals surface area contributed by atoms with Gasteiger partial charge in [-0.3, -0.25) is 76.1 Å². The number of carbonyl (C=O) groups excluding carboxylic acids is 17. The SMILES string of the molecule is CC[C@H](C)[C@@H]1NC(=O)CNC(=O)[C@@H]2CC(=O)[C@H]([C@@H](C)[C@@H](O)CO)NC(=O)C3(C(=O)N(C)CCN(CCOCCOCCOCCOCCC(=O)N4CCC(C(C)=O)CC4)C(=O)OCc4ccc(CC(=O)[C@H](CCCNC(N)=O)NC(=O)[C@@H](CC(=O)CCOCCOCCOCCOCCOC)C(C)C)cc4)Oc4ccc5c(c([nH]c5c4)S(=O)C[C@H](NC(=O)CNC1=O)C(=O)C[C@@H](CC(N)=O)C(=O)N1C[C@H](O)C[C@H]13)C2. The zero-order chi connectivity index (χ0) is 105. The van der Waals surface area contributed by atoms with Gasteiger partial charge < -0.3 is 141 Å². The maximum absolute atomic E-state index is 16.8. The third-order valence-corrected chi connectivity index (χ3v) is 27.6. The third kappa shape index (κ3) is 36.9. The Morgan fingerprint density at radius 1 is 0.694 bits per heavy atom. The van der Waals surface area contributed by atoms with Gasteiger partial charge in [0.25, 0.3) is 17.4 Å². The molecule has 2 saturated heterocycles. The zero-order valence-electron chi connectivity index (χ0n) is 83.6. The fraction of sp³-hybridized carbons (Fsp3) is 0.680. The summed E-state index contributed by atoms with van der Waals surface area (Å²) in [4.78, 5) is 252. The first kappa shape index (κ1) is 118. The highest BCUT2D eigenvalue weighted by molar-refractivity contribution is 7.85. The van der Waals surface area contributed by atoms with Crippen molar-refractivity contribution >= 4 is 122 Å². The number of benzene rings is 2. The van der Waals surface area contributed by atoms with Gasteiger partial charge in [-0.05, 0) is 79.7 Å².